The number of halogens is 2. The van der Waals surface area contributed by atoms with Gasteiger partial charge in [-0.3, -0.25) is 4.79 Å². The molecule has 0 aromatic heterocycles. The Balaban J connectivity index is 3.05. The minimum atomic E-state index is -0.712. The van der Waals surface area contributed by atoms with Gasteiger partial charge in [-0.1, -0.05) is 22.8 Å². The molecule has 0 saturated carbocycles. The van der Waals surface area contributed by atoms with Gasteiger partial charge in [0, 0.05) is 4.91 Å². The third kappa shape index (κ3) is 2.22. The lowest BCUT2D eigenvalue weighted by atomic mass is 10.1. The maximum absolute atomic E-state index is 13.1. The third-order valence-electron chi connectivity index (χ3n) is 1.52. The first-order chi connectivity index (χ1) is 6.66. The molecule has 14 heavy (non-hydrogen) atoms. The van der Waals surface area contributed by atoms with E-state index in [-0.39, 0.29) is 10.6 Å². The quantitative estimate of drug-likeness (QED) is 0.329. The van der Waals surface area contributed by atoms with Crippen LogP contribution in [0.1, 0.15) is 10.4 Å². The predicted octanol–water partition coefficient (Wildman–Crippen LogP) is 2.97. The lowest BCUT2D eigenvalue weighted by Gasteiger charge is -2.01. The normalized spacial score (nSPS) is 9.29. The second-order valence-electron chi connectivity index (χ2n) is 2.41. The van der Waals surface area contributed by atoms with Crippen molar-refractivity contribution >= 4 is 17.4 Å². The Bertz CT molecular complexity index is 395. The van der Waals surface area contributed by atoms with Crippen LogP contribution in [0, 0.1) is 5.82 Å². The van der Waals surface area contributed by atoms with Gasteiger partial charge in [0.15, 0.2) is 5.78 Å². The highest BCUT2D eigenvalue weighted by Gasteiger charge is 2.14. The highest BCUT2D eigenvalue weighted by atomic mass is 35.5. The molecule has 1 rings (SSSR count). The summed E-state index contributed by atoms with van der Waals surface area (Å²) in [4.78, 5) is 13.7. The maximum Gasteiger partial charge on any atom is 0.173 e. The summed E-state index contributed by atoms with van der Waals surface area (Å²) in [7, 11) is 0. The molecular formula is C8H5ClFN3O. The second-order valence-corrected chi connectivity index (χ2v) is 2.82. The van der Waals surface area contributed by atoms with Crippen molar-refractivity contribution in [3.8, 4) is 0 Å². The molecule has 0 heterocycles. The molecule has 0 unspecified atom stereocenters. The summed E-state index contributed by atoms with van der Waals surface area (Å²) < 4.78 is 13.1. The summed E-state index contributed by atoms with van der Waals surface area (Å²) in [5.41, 5.74) is 7.75. The molecule has 0 aliphatic carbocycles. The van der Waals surface area contributed by atoms with Crippen LogP contribution in [0.25, 0.3) is 10.4 Å². The van der Waals surface area contributed by atoms with Crippen molar-refractivity contribution in [3.63, 3.8) is 0 Å². The molecule has 1 aromatic rings. The van der Waals surface area contributed by atoms with Gasteiger partial charge in [0.2, 0.25) is 0 Å². The average molecular weight is 214 g/mol. The summed E-state index contributed by atoms with van der Waals surface area (Å²) in [6.07, 6.45) is 0. The van der Waals surface area contributed by atoms with Crippen LogP contribution in [-0.4, -0.2) is 12.3 Å². The van der Waals surface area contributed by atoms with Gasteiger partial charge in [-0.15, -0.1) is 0 Å². The van der Waals surface area contributed by atoms with Crippen LogP contribution in [0.5, 0.6) is 0 Å². The summed E-state index contributed by atoms with van der Waals surface area (Å²) in [5.74, 6) is -1.35. The van der Waals surface area contributed by atoms with Crippen molar-refractivity contribution in [1.29, 1.82) is 0 Å². The minimum absolute atomic E-state index is 0.0168. The van der Waals surface area contributed by atoms with E-state index in [4.69, 9.17) is 17.1 Å². The number of ketones is 1. The first kappa shape index (κ1) is 10.5. The van der Waals surface area contributed by atoms with E-state index >= 15 is 0 Å². The first-order valence-corrected chi connectivity index (χ1v) is 4.02. The lowest BCUT2D eigenvalue weighted by molar-refractivity contribution is 0.0998. The van der Waals surface area contributed by atoms with Crippen LogP contribution in [-0.2, 0) is 0 Å². The minimum Gasteiger partial charge on any atom is -0.294 e. The molecule has 0 fully saturated rings. The molecule has 0 saturated heterocycles. The predicted molar refractivity (Wildman–Crippen MR) is 49.8 cm³/mol. The SMILES string of the molecule is [N-]=[N+]=NCC(=O)c1c(F)cccc1Cl. The summed E-state index contributed by atoms with van der Waals surface area (Å²) in [6, 6.07) is 3.91. The Hall–Kier alpha value is -1.58. The first-order valence-electron chi connectivity index (χ1n) is 3.65. The average Bonchev–Trinajstić information content (AvgIpc) is 2.14. The van der Waals surface area contributed by atoms with Crippen LogP contribution in [0.2, 0.25) is 5.02 Å². The molecule has 0 bridgehead atoms. The van der Waals surface area contributed by atoms with Crippen molar-refractivity contribution in [2.24, 2.45) is 5.11 Å². The lowest BCUT2D eigenvalue weighted by Crippen LogP contribution is -2.06. The van der Waals surface area contributed by atoms with Gasteiger partial charge in [-0.25, -0.2) is 4.39 Å². The monoisotopic (exact) mass is 213 g/mol. The zero-order chi connectivity index (χ0) is 10.6. The molecule has 6 heteroatoms. The molecule has 0 spiro atoms. The fourth-order valence-electron chi connectivity index (χ4n) is 0.939. The maximum atomic E-state index is 13.1. The van der Waals surface area contributed by atoms with E-state index in [2.05, 4.69) is 10.0 Å². The molecule has 4 nitrogen and oxygen atoms in total. The number of benzene rings is 1. The van der Waals surface area contributed by atoms with Gasteiger partial charge in [0.05, 0.1) is 17.1 Å². The number of nitrogens with zero attached hydrogens (tertiary/aromatic N) is 3. The number of carbonyl (C=O) groups is 1. The van der Waals surface area contributed by atoms with Gasteiger partial charge in [0.1, 0.15) is 5.82 Å². The number of azide groups is 1. The molecule has 0 radical (unpaired) electrons. The van der Waals surface area contributed by atoms with Crippen molar-refractivity contribution < 1.29 is 9.18 Å². The van der Waals surface area contributed by atoms with E-state index in [1.54, 1.807) is 0 Å². The topological polar surface area (TPSA) is 65.8 Å². The van der Waals surface area contributed by atoms with Crippen molar-refractivity contribution in [1.82, 2.24) is 0 Å². The van der Waals surface area contributed by atoms with Crippen molar-refractivity contribution in [2.75, 3.05) is 6.54 Å². The highest BCUT2D eigenvalue weighted by molar-refractivity contribution is 6.34. The zero-order valence-corrected chi connectivity index (χ0v) is 7.70. The molecular weight excluding hydrogens is 209 g/mol. The fraction of sp³-hybridized carbons (Fsp3) is 0.125. The molecule has 72 valence electrons. The van der Waals surface area contributed by atoms with Crippen LogP contribution in [0.3, 0.4) is 0 Å². The molecule has 0 atom stereocenters. The van der Waals surface area contributed by atoms with Crippen LogP contribution in [0.4, 0.5) is 4.39 Å². The summed E-state index contributed by atoms with van der Waals surface area (Å²) in [5, 5.41) is 3.05. The Morgan fingerprint density at radius 3 is 2.93 bits per heavy atom. The molecule has 0 N–H and O–H groups in total. The number of Topliss-reactive ketones (excluding diaryl/α,β-unsaturated/α-hetero) is 1. The van der Waals surface area contributed by atoms with Crippen molar-refractivity contribution in [2.45, 2.75) is 0 Å². The van der Waals surface area contributed by atoms with Crippen LogP contribution < -0.4 is 0 Å². The largest absolute Gasteiger partial charge is 0.294 e. The van der Waals surface area contributed by atoms with E-state index in [1.165, 1.54) is 12.1 Å². The Kier molecular flexibility index (Phi) is 3.45. The van der Waals surface area contributed by atoms with Crippen molar-refractivity contribution in [3.05, 3.63) is 45.0 Å². The van der Waals surface area contributed by atoms with E-state index in [1.807, 2.05) is 0 Å². The van der Waals surface area contributed by atoms with Crippen LogP contribution >= 0.6 is 11.6 Å². The van der Waals surface area contributed by atoms with Gasteiger partial charge in [0.25, 0.3) is 0 Å². The van der Waals surface area contributed by atoms with Gasteiger partial charge >= 0.3 is 0 Å². The van der Waals surface area contributed by atoms with Crippen LogP contribution in [0.15, 0.2) is 23.3 Å². The van der Waals surface area contributed by atoms with E-state index in [0.29, 0.717) is 0 Å². The standard InChI is InChI=1S/C8H5ClFN3O/c9-5-2-1-3-6(10)8(5)7(14)4-12-13-11/h1-3H,4H2. The van der Waals surface area contributed by atoms with E-state index in [9.17, 15) is 9.18 Å². The Morgan fingerprint density at radius 1 is 1.64 bits per heavy atom. The smallest absolute Gasteiger partial charge is 0.173 e. The van der Waals surface area contributed by atoms with Gasteiger partial charge in [-0.2, -0.15) is 0 Å². The number of rotatable bonds is 3. The summed E-state index contributed by atoms with van der Waals surface area (Å²) in [6.45, 7) is -0.433. The van der Waals surface area contributed by atoms with Gasteiger partial charge in [-0.05, 0) is 17.7 Å². The third-order valence-corrected chi connectivity index (χ3v) is 1.83. The zero-order valence-electron chi connectivity index (χ0n) is 6.94. The summed E-state index contributed by atoms with van der Waals surface area (Å²) >= 11 is 5.61. The Labute approximate surface area is 83.9 Å². The van der Waals surface area contributed by atoms with Gasteiger partial charge < -0.3 is 0 Å². The van der Waals surface area contributed by atoms with E-state index < -0.39 is 18.1 Å². The molecule has 0 aliphatic rings. The van der Waals surface area contributed by atoms with E-state index in [0.717, 1.165) is 6.07 Å². The fourth-order valence-corrected chi connectivity index (χ4v) is 1.21. The highest BCUT2D eigenvalue weighted by Crippen LogP contribution is 2.19. The molecule has 0 amide bonds. The molecule has 0 aliphatic heterocycles. The second kappa shape index (κ2) is 4.60. The molecule has 1 aromatic carbocycles. The number of hydrogen-bond donors (Lipinski definition) is 0. The number of hydrogen-bond acceptors (Lipinski definition) is 2. The number of carbonyl (C=O) groups excluding carboxylic acids is 1. The Morgan fingerprint density at radius 2 is 2.36 bits per heavy atom.